The van der Waals surface area contributed by atoms with E-state index >= 15 is 0 Å². The summed E-state index contributed by atoms with van der Waals surface area (Å²) in [6, 6.07) is 2.66. The average molecular weight is 389 g/mol. The molecule has 0 unspecified atom stereocenters. The zero-order valence-corrected chi connectivity index (χ0v) is 15.1. The predicted octanol–water partition coefficient (Wildman–Crippen LogP) is 2.34. The SMILES string of the molecule is Cc1nc(Cl)c(C(=O)Nc2ccnc(S(=O)(=O)CN)c2)c(C)c1Cl. The van der Waals surface area contributed by atoms with Crippen LogP contribution in [0.4, 0.5) is 5.69 Å². The lowest BCUT2D eigenvalue weighted by Crippen LogP contribution is -2.18. The Balaban J connectivity index is 2.39. The molecule has 0 radical (unpaired) electrons. The first kappa shape index (κ1) is 18.6. The van der Waals surface area contributed by atoms with Crippen LogP contribution in [0.3, 0.4) is 0 Å². The number of carbonyl (C=O) groups excluding carboxylic acids is 1. The van der Waals surface area contributed by atoms with Crippen LogP contribution in [0, 0.1) is 13.8 Å². The molecule has 2 aromatic heterocycles. The Labute approximate surface area is 149 Å². The average Bonchev–Trinajstić information content (AvgIpc) is 2.53. The third-order valence-electron chi connectivity index (χ3n) is 3.25. The van der Waals surface area contributed by atoms with Gasteiger partial charge in [0.25, 0.3) is 5.91 Å². The molecule has 0 bridgehead atoms. The molecule has 0 atom stereocenters. The number of anilines is 1. The number of carbonyl (C=O) groups is 1. The third kappa shape index (κ3) is 3.67. The lowest BCUT2D eigenvalue weighted by atomic mass is 10.1. The monoisotopic (exact) mass is 388 g/mol. The topological polar surface area (TPSA) is 115 Å². The third-order valence-corrected chi connectivity index (χ3v) is 5.38. The van der Waals surface area contributed by atoms with Crippen LogP contribution < -0.4 is 11.1 Å². The number of hydrogen-bond acceptors (Lipinski definition) is 6. The number of nitrogens with zero attached hydrogens (tertiary/aromatic N) is 2. The van der Waals surface area contributed by atoms with Gasteiger partial charge in [0.15, 0.2) is 5.03 Å². The number of halogens is 2. The van der Waals surface area contributed by atoms with Crippen molar-refractivity contribution in [2.75, 3.05) is 11.2 Å². The second-order valence-corrected chi connectivity index (χ2v) is 7.64. The van der Waals surface area contributed by atoms with Crippen molar-refractivity contribution in [3.63, 3.8) is 0 Å². The van der Waals surface area contributed by atoms with E-state index < -0.39 is 21.6 Å². The number of sulfone groups is 1. The Morgan fingerprint density at radius 2 is 2.00 bits per heavy atom. The van der Waals surface area contributed by atoms with E-state index in [1.54, 1.807) is 13.8 Å². The van der Waals surface area contributed by atoms with Gasteiger partial charge in [-0.05, 0) is 31.5 Å². The van der Waals surface area contributed by atoms with Crippen molar-refractivity contribution in [2.45, 2.75) is 18.9 Å². The van der Waals surface area contributed by atoms with Gasteiger partial charge in [-0.1, -0.05) is 23.2 Å². The van der Waals surface area contributed by atoms with Crippen LogP contribution in [0.1, 0.15) is 21.6 Å². The van der Waals surface area contributed by atoms with Crippen molar-refractivity contribution < 1.29 is 13.2 Å². The van der Waals surface area contributed by atoms with Crippen molar-refractivity contribution in [2.24, 2.45) is 5.73 Å². The van der Waals surface area contributed by atoms with Crippen LogP contribution in [0.5, 0.6) is 0 Å². The van der Waals surface area contributed by atoms with Crippen LogP contribution in [-0.2, 0) is 9.84 Å². The van der Waals surface area contributed by atoms with Gasteiger partial charge in [-0.25, -0.2) is 18.4 Å². The van der Waals surface area contributed by atoms with Crippen molar-refractivity contribution in [3.8, 4) is 0 Å². The van der Waals surface area contributed by atoms with Gasteiger partial charge < -0.3 is 11.1 Å². The second-order valence-electron chi connectivity index (χ2n) is 4.92. The number of nitrogens with two attached hydrogens (primary N) is 1. The highest BCUT2D eigenvalue weighted by molar-refractivity contribution is 7.91. The van der Waals surface area contributed by atoms with E-state index in [1.807, 2.05) is 0 Å². The van der Waals surface area contributed by atoms with Gasteiger partial charge >= 0.3 is 0 Å². The van der Waals surface area contributed by atoms with Crippen LogP contribution in [0.2, 0.25) is 10.2 Å². The predicted molar refractivity (Wildman–Crippen MR) is 92.2 cm³/mol. The number of rotatable bonds is 4. The molecule has 0 aliphatic heterocycles. The molecule has 10 heteroatoms. The van der Waals surface area contributed by atoms with Gasteiger partial charge in [-0.3, -0.25) is 4.79 Å². The summed E-state index contributed by atoms with van der Waals surface area (Å²) >= 11 is 12.1. The molecule has 0 aliphatic rings. The summed E-state index contributed by atoms with van der Waals surface area (Å²) in [5.74, 6) is -1.14. The molecule has 7 nitrogen and oxygen atoms in total. The molecule has 0 spiro atoms. The van der Waals surface area contributed by atoms with E-state index in [9.17, 15) is 13.2 Å². The lowest BCUT2D eigenvalue weighted by molar-refractivity contribution is 0.102. The van der Waals surface area contributed by atoms with Gasteiger partial charge in [0, 0.05) is 11.9 Å². The summed E-state index contributed by atoms with van der Waals surface area (Å²) in [7, 11) is -3.69. The fourth-order valence-electron chi connectivity index (χ4n) is 1.99. The first-order valence-corrected chi connectivity index (χ1v) is 9.10. The Bertz CT molecular complexity index is 916. The molecule has 0 fully saturated rings. The van der Waals surface area contributed by atoms with E-state index in [0.717, 1.165) is 0 Å². The summed E-state index contributed by atoms with van der Waals surface area (Å²) in [4.78, 5) is 20.2. The molecule has 2 rings (SSSR count). The highest BCUT2D eigenvalue weighted by atomic mass is 35.5. The van der Waals surface area contributed by atoms with Crippen molar-refractivity contribution in [3.05, 3.63) is 45.3 Å². The fourth-order valence-corrected chi connectivity index (χ4v) is 3.18. The molecule has 0 saturated heterocycles. The van der Waals surface area contributed by atoms with Crippen LogP contribution >= 0.6 is 23.2 Å². The summed E-state index contributed by atoms with van der Waals surface area (Å²) in [5.41, 5.74) is 6.54. The minimum absolute atomic E-state index is 0.00996. The molecular weight excluding hydrogens is 375 g/mol. The first-order chi connectivity index (χ1) is 11.2. The van der Waals surface area contributed by atoms with Crippen LogP contribution in [0.25, 0.3) is 0 Å². The number of aromatic nitrogens is 2. The molecular formula is C14H14Cl2N4O3S. The maximum absolute atomic E-state index is 12.5. The zero-order chi connectivity index (χ0) is 18.1. The van der Waals surface area contributed by atoms with Gasteiger partial charge in [-0.15, -0.1) is 0 Å². The molecule has 3 N–H and O–H groups in total. The van der Waals surface area contributed by atoms with Crippen molar-refractivity contribution in [1.29, 1.82) is 0 Å². The zero-order valence-electron chi connectivity index (χ0n) is 12.8. The molecule has 0 aromatic carbocycles. The summed E-state index contributed by atoms with van der Waals surface area (Å²) in [6.07, 6.45) is 1.26. The minimum atomic E-state index is -3.69. The highest BCUT2D eigenvalue weighted by Crippen LogP contribution is 2.28. The number of pyridine rings is 2. The lowest BCUT2D eigenvalue weighted by Gasteiger charge is -2.12. The van der Waals surface area contributed by atoms with Gasteiger partial charge in [0.2, 0.25) is 9.84 Å². The molecule has 2 heterocycles. The van der Waals surface area contributed by atoms with Crippen molar-refractivity contribution >= 4 is 44.6 Å². The summed E-state index contributed by atoms with van der Waals surface area (Å²) in [6.45, 7) is 3.32. The van der Waals surface area contributed by atoms with Crippen LogP contribution in [0.15, 0.2) is 23.4 Å². The van der Waals surface area contributed by atoms with E-state index in [2.05, 4.69) is 15.3 Å². The molecule has 1 amide bonds. The minimum Gasteiger partial charge on any atom is -0.322 e. The smallest absolute Gasteiger partial charge is 0.259 e. The second kappa shape index (κ2) is 7.02. The van der Waals surface area contributed by atoms with E-state index in [0.29, 0.717) is 16.3 Å². The number of amides is 1. The molecule has 0 saturated carbocycles. The normalized spacial score (nSPS) is 11.4. The molecule has 128 valence electrons. The maximum Gasteiger partial charge on any atom is 0.259 e. The van der Waals surface area contributed by atoms with Crippen molar-refractivity contribution in [1.82, 2.24) is 9.97 Å². The number of aryl methyl sites for hydroxylation is 1. The Kier molecular flexibility index (Phi) is 5.44. The van der Waals surface area contributed by atoms with E-state index in [1.165, 1.54) is 18.3 Å². The summed E-state index contributed by atoms with van der Waals surface area (Å²) < 4.78 is 23.5. The largest absolute Gasteiger partial charge is 0.322 e. The quantitative estimate of drug-likeness (QED) is 0.776. The number of hydrogen-bond donors (Lipinski definition) is 2. The Morgan fingerprint density at radius 1 is 1.33 bits per heavy atom. The van der Waals surface area contributed by atoms with E-state index in [4.69, 9.17) is 28.9 Å². The van der Waals surface area contributed by atoms with Gasteiger partial charge in [0.05, 0.1) is 16.3 Å². The number of nitrogens with one attached hydrogen (secondary N) is 1. The van der Waals surface area contributed by atoms with E-state index in [-0.39, 0.29) is 21.4 Å². The highest BCUT2D eigenvalue weighted by Gasteiger charge is 2.20. The molecule has 24 heavy (non-hydrogen) atoms. The standard InChI is InChI=1S/C14H14Cl2N4O3S/c1-7-11(13(16)19-8(2)12(7)15)14(21)20-9-3-4-18-10(5-9)24(22,23)6-17/h3-5H,6,17H2,1-2H3,(H,18,20,21). The molecule has 2 aromatic rings. The Morgan fingerprint density at radius 3 is 2.62 bits per heavy atom. The fraction of sp³-hybridized carbons (Fsp3) is 0.214. The first-order valence-electron chi connectivity index (χ1n) is 6.69. The summed E-state index contributed by atoms with van der Waals surface area (Å²) in [5, 5.41) is 2.67. The Hall–Kier alpha value is -1.74. The van der Waals surface area contributed by atoms with Crippen LogP contribution in [-0.4, -0.2) is 30.2 Å². The van der Waals surface area contributed by atoms with Gasteiger partial charge in [-0.2, -0.15) is 0 Å². The molecule has 0 aliphatic carbocycles. The van der Waals surface area contributed by atoms with Gasteiger partial charge in [0.1, 0.15) is 11.0 Å². The maximum atomic E-state index is 12.5.